The molecule has 0 amide bonds. The van der Waals surface area contributed by atoms with Crippen molar-refractivity contribution < 1.29 is 4.42 Å². The van der Waals surface area contributed by atoms with E-state index in [1.54, 1.807) is 0 Å². The minimum Gasteiger partial charge on any atom is -0.455 e. The van der Waals surface area contributed by atoms with Crippen LogP contribution in [0.2, 0.25) is 0 Å². The molecule has 0 aliphatic heterocycles. The third kappa shape index (κ3) is 5.36. The molecule has 0 radical (unpaired) electrons. The van der Waals surface area contributed by atoms with Crippen molar-refractivity contribution >= 4 is 49.8 Å². The molecule has 0 saturated carbocycles. The van der Waals surface area contributed by atoms with Gasteiger partial charge < -0.3 is 9.32 Å². The van der Waals surface area contributed by atoms with Gasteiger partial charge in [-0.25, -0.2) is 0 Å². The van der Waals surface area contributed by atoms with Crippen LogP contribution in [0.15, 0.2) is 241 Å². The van der Waals surface area contributed by atoms with Gasteiger partial charge in [0, 0.05) is 33.0 Å². The number of anilines is 3. The summed E-state index contributed by atoms with van der Waals surface area (Å²) < 4.78 is 6.75. The number of nitrogens with zero attached hydrogens (tertiary/aromatic N) is 1. The van der Waals surface area contributed by atoms with Crippen molar-refractivity contribution in [2.24, 2.45) is 0 Å². The van der Waals surface area contributed by atoms with E-state index < -0.39 is 5.41 Å². The molecule has 1 aliphatic carbocycles. The second kappa shape index (κ2) is 14.1. The number of para-hydroxylation sites is 1. The first-order valence-electron chi connectivity index (χ1n) is 21.0. The van der Waals surface area contributed by atoms with Crippen molar-refractivity contribution in [3.8, 4) is 33.4 Å². The van der Waals surface area contributed by atoms with E-state index in [9.17, 15) is 0 Å². The van der Waals surface area contributed by atoms with Gasteiger partial charge in [0.25, 0.3) is 0 Å². The van der Waals surface area contributed by atoms with Crippen LogP contribution in [0.1, 0.15) is 22.3 Å². The fraction of sp³-hybridized carbons (Fsp3) is 0.0169. The van der Waals surface area contributed by atoms with Crippen molar-refractivity contribution in [3.05, 3.63) is 259 Å². The Kier molecular flexibility index (Phi) is 8.11. The second-order valence-electron chi connectivity index (χ2n) is 15.9. The summed E-state index contributed by atoms with van der Waals surface area (Å²) >= 11 is 0. The Morgan fingerprint density at radius 3 is 1.70 bits per heavy atom. The number of rotatable bonds is 7. The zero-order chi connectivity index (χ0) is 40.3. The molecule has 10 aromatic carbocycles. The number of fused-ring (bicyclic) bond motifs is 8. The number of benzene rings is 10. The van der Waals surface area contributed by atoms with Gasteiger partial charge in [-0.05, 0) is 86.3 Å². The molecule has 0 saturated heterocycles. The molecule has 0 atom stereocenters. The van der Waals surface area contributed by atoms with Gasteiger partial charge in [-0.15, -0.1) is 0 Å². The van der Waals surface area contributed by atoms with Crippen molar-refractivity contribution in [2.45, 2.75) is 5.41 Å². The first kappa shape index (κ1) is 35.0. The van der Waals surface area contributed by atoms with Gasteiger partial charge in [0.05, 0.1) is 16.8 Å². The summed E-state index contributed by atoms with van der Waals surface area (Å²) in [5.74, 6) is 0. The Labute approximate surface area is 355 Å². The van der Waals surface area contributed by atoms with Gasteiger partial charge in [-0.3, -0.25) is 0 Å². The Morgan fingerprint density at radius 2 is 0.934 bits per heavy atom. The predicted octanol–water partition coefficient (Wildman–Crippen LogP) is 15.9. The van der Waals surface area contributed by atoms with Gasteiger partial charge >= 0.3 is 0 Å². The molecule has 0 N–H and O–H groups in total. The topological polar surface area (TPSA) is 16.4 Å². The minimum absolute atomic E-state index is 0.531. The maximum Gasteiger partial charge on any atom is 0.143 e. The maximum atomic E-state index is 6.75. The number of furan rings is 1. The standard InChI is InChI=1S/C59H39NO/c1-4-18-40(19-5-1)41-34-37-45(38-35-41)60(53-31-15-13-26-47(53)48-28-16-33-55-56(48)50-39-36-42-20-10-11-25-46(42)58(50)61-55)54-32-17-30-52-57(54)49-27-12-14-29-51(49)59(52,43-21-6-2-7-22-43)44-23-8-3-9-24-44/h1-39H. The lowest BCUT2D eigenvalue weighted by atomic mass is 9.68. The normalized spacial score (nSPS) is 12.7. The van der Waals surface area contributed by atoms with Crippen LogP contribution >= 0.6 is 0 Å². The summed E-state index contributed by atoms with van der Waals surface area (Å²) in [5, 5.41) is 4.52. The molecule has 0 spiro atoms. The highest BCUT2D eigenvalue weighted by molar-refractivity contribution is 6.20. The predicted molar refractivity (Wildman–Crippen MR) is 254 cm³/mol. The second-order valence-corrected chi connectivity index (χ2v) is 15.9. The maximum absolute atomic E-state index is 6.75. The first-order chi connectivity index (χ1) is 30.3. The highest BCUT2D eigenvalue weighted by Gasteiger charge is 2.47. The van der Waals surface area contributed by atoms with Crippen molar-refractivity contribution in [2.75, 3.05) is 4.90 Å². The lowest BCUT2D eigenvalue weighted by molar-refractivity contribution is 0.673. The monoisotopic (exact) mass is 777 g/mol. The van der Waals surface area contributed by atoms with Gasteiger partial charge in [-0.2, -0.15) is 0 Å². The molecule has 12 rings (SSSR count). The summed E-state index contributed by atoms with van der Waals surface area (Å²) in [6, 6.07) is 86.0. The summed E-state index contributed by atoms with van der Waals surface area (Å²) in [6.45, 7) is 0. The van der Waals surface area contributed by atoms with Crippen LogP contribution < -0.4 is 4.90 Å². The third-order valence-electron chi connectivity index (χ3n) is 12.8. The van der Waals surface area contributed by atoms with Crippen molar-refractivity contribution in [3.63, 3.8) is 0 Å². The van der Waals surface area contributed by atoms with Crippen molar-refractivity contribution in [1.29, 1.82) is 0 Å². The van der Waals surface area contributed by atoms with Gasteiger partial charge in [-0.1, -0.05) is 200 Å². The van der Waals surface area contributed by atoms with Crippen LogP contribution in [0.25, 0.3) is 66.1 Å². The summed E-state index contributed by atoms with van der Waals surface area (Å²) in [5.41, 5.74) is 16.7. The summed E-state index contributed by atoms with van der Waals surface area (Å²) in [4.78, 5) is 2.49. The van der Waals surface area contributed by atoms with Crippen LogP contribution in [0.5, 0.6) is 0 Å². The SMILES string of the molecule is c1ccc(-c2ccc(N(c3ccccc3-c3cccc4oc5c6ccccc6ccc5c34)c3cccc4c3-c3ccccc3C4(c3ccccc3)c3ccccc3)cc2)cc1. The van der Waals surface area contributed by atoms with Crippen LogP contribution in [0.4, 0.5) is 17.1 Å². The molecular formula is C59H39NO. The van der Waals surface area contributed by atoms with E-state index in [0.29, 0.717) is 0 Å². The highest BCUT2D eigenvalue weighted by Crippen LogP contribution is 2.60. The Morgan fingerprint density at radius 1 is 0.361 bits per heavy atom. The lowest BCUT2D eigenvalue weighted by Crippen LogP contribution is -2.28. The molecular weight excluding hydrogens is 739 g/mol. The molecule has 0 bridgehead atoms. The molecule has 61 heavy (non-hydrogen) atoms. The fourth-order valence-corrected chi connectivity index (χ4v) is 10.2. The quantitative estimate of drug-likeness (QED) is 0.160. The largest absolute Gasteiger partial charge is 0.455 e. The van der Waals surface area contributed by atoms with Crippen LogP contribution in [-0.4, -0.2) is 0 Å². The smallest absolute Gasteiger partial charge is 0.143 e. The Hall–Kier alpha value is -7.94. The molecule has 1 heterocycles. The molecule has 2 heteroatoms. The summed E-state index contributed by atoms with van der Waals surface area (Å²) in [6.07, 6.45) is 0. The van der Waals surface area contributed by atoms with E-state index in [1.165, 1.54) is 49.9 Å². The van der Waals surface area contributed by atoms with E-state index in [0.717, 1.165) is 55.5 Å². The van der Waals surface area contributed by atoms with E-state index in [2.05, 4.69) is 241 Å². The molecule has 286 valence electrons. The minimum atomic E-state index is -0.531. The average Bonchev–Trinajstić information content (AvgIpc) is 3.88. The van der Waals surface area contributed by atoms with Gasteiger partial charge in [0.15, 0.2) is 0 Å². The Balaban J connectivity index is 1.15. The van der Waals surface area contributed by atoms with E-state index in [1.807, 2.05) is 0 Å². The van der Waals surface area contributed by atoms with Crippen LogP contribution in [-0.2, 0) is 5.41 Å². The molecule has 0 unspecified atom stereocenters. The van der Waals surface area contributed by atoms with E-state index in [-0.39, 0.29) is 0 Å². The van der Waals surface area contributed by atoms with Gasteiger partial charge in [0.1, 0.15) is 11.2 Å². The zero-order valence-corrected chi connectivity index (χ0v) is 33.4. The van der Waals surface area contributed by atoms with Crippen LogP contribution in [0, 0.1) is 0 Å². The first-order valence-corrected chi connectivity index (χ1v) is 21.0. The van der Waals surface area contributed by atoms with Crippen LogP contribution in [0.3, 0.4) is 0 Å². The van der Waals surface area contributed by atoms with E-state index in [4.69, 9.17) is 4.42 Å². The number of hydrogen-bond acceptors (Lipinski definition) is 2. The Bertz CT molecular complexity index is 3360. The van der Waals surface area contributed by atoms with Crippen molar-refractivity contribution in [1.82, 2.24) is 0 Å². The molecule has 0 fully saturated rings. The van der Waals surface area contributed by atoms with Gasteiger partial charge in [0.2, 0.25) is 0 Å². The highest BCUT2D eigenvalue weighted by atomic mass is 16.3. The fourth-order valence-electron chi connectivity index (χ4n) is 10.2. The molecule has 2 nitrogen and oxygen atoms in total. The number of hydrogen-bond donors (Lipinski definition) is 0. The molecule has 1 aliphatic rings. The zero-order valence-electron chi connectivity index (χ0n) is 33.4. The molecule has 1 aromatic heterocycles. The lowest BCUT2D eigenvalue weighted by Gasteiger charge is -2.34. The summed E-state index contributed by atoms with van der Waals surface area (Å²) in [7, 11) is 0. The molecule has 11 aromatic rings. The average molecular weight is 778 g/mol. The third-order valence-corrected chi connectivity index (χ3v) is 12.8. The van der Waals surface area contributed by atoms with E-state index >= 15 is 0 Å².